The summed E-state index contributed by atoms with van der Waals surface area (Å²) in [5.74, 6) is -0.651. The van der Waals surface area contributed by atoms with Crippen molar-refractivity contribution < 1.29 is 23.9 Å². The summed E-state index contributed by atoms with van der Waals surface area (Å²) < 4.78 is 6.34. The number of nitrogens with zero attached hydrogens (tertiary/aromatic N) is 1. The first-order chi connectivity index (χ1) is 16.0. The average Bonchev–Trinajstić information content (AvgIpc) is 2.72. The number of hydrogen-bond donors (Lipinski definition) is 1. The maximum Gasteiger partial charge on any atom is 0.330 e. The predicted molar refractivity (Wildman–Crippen MR) is 130 cm³/mol. The quantitative estimate of drug-likeness (QED) is 0.309. The minimum atomic E-state index is -0.797. The van der Waals surface area contributed by atoms with E-state index in [-0.39, 0.29) is 54.1 Å². The lowest BCUT2D eigenvalue weighted by Crippen LogP contribution is -2.41. The molecule has 8 heteroatoms. The average molecular weight is 475 g/mol. The Morgan fingerprint density at radius 2 is 1.82 bits per heavy atom. The van der Waals surface area contributed by atoms with Gasteiger partial charge in [0.15, 0.2) is 11.6 Å². The first-order valence-corrected chi connectivity index (χ1v) is 11.9. The number of rotatable bonds is 15. The van der Waals surface area contributed by atoms with E-state index in [1.807, 2.05) is 0 Å². The van der Waals surface area contributed by atoms with Gasteiger partial charge < -0.3 is 14.6 Å². The first-order valence-electron chi connectivity index (χ1n) is 11.9. The van der Waals surface area contributed by atoms with E-state index >= 15 is 0 Å². The second-order valence-corrected chi connectivity index (χ2v) is 9.15. The van der Waals surface area contributed by atoms with Crippen LogP contribution in [0.5, 0.6) is 0 Å². The largest absolute Gasteiger partial charge is 0.460 e. The van der Waals surface area contributed by atoms with Crippen LogP contribution in [0, 0.1) is 5.92 Å². The SMILES string of the molecule is CC(=O)N[C@@H](CC/C=C/C(=O)OC(C)C)C(=O)Cc1cccn(CC(=O)CCCC(C)C)c1=O. The van der Waals surface area contributed by atoms with Gasteiger partial charge in [0.2, 0.25) is 5.91 Å². The summed E-state index contributed by atoms with van der Waals surface area (Å²) in [6, 6.07) is 2.41. The van der Waals surface area contributed by atoms with Gasteiger partial charge in [0.05, 0.1) is 18.7 Å². The monoisotopic (exact) mass is 474 g/mol. The fourth-order valence-electron chi connectivity index (χ4n) is 3.41. The Morgan fingerprint density at radius 1 is 1.12 bits per heavy atom. The Balaban J connectivity index is 2.79. The number of Topliss-reactive ketones (excluding diaryl/α,β-unsaturated/α-hetero) is 2. The molecule has 0 saturated carbocycles. The fourth-order valence-corrected chi connectivity index (χ4v) is 3.41. The van der Waals surface area contributed by atoms with Gasteiger partial charge in [0, 0.05) is 37.6 Å². The van der Waals surface area contributed by atoms with Gasteiger partial charge in [0.25, 0.3) is 5.56 Å². The van der Waals surface area contributed by atoms with Gasteiger partial charge in [-0.25, -0.2) is 4.79 Å². The van der Waals surface area contributed by atoms with Crippen LogP contribution in [0.3, 0.4) is 0 Å². The van der Waals surface area contributed by atoms with Crippen LogP contribution in [0.15, 0.2) is 35.3 Å². The minimum absolute atomic E-state index is 0.0225. The molecule has 0 aliphatic heterocycles. The summed E-state index contributed by atoms with van der Waals surface area (Å²) in [7, 11) is 0. The molecule has 0 bridgehead atoms. The fraction of sp³-hybridized carbons (Fsp3) is 0.577. The third-order valence-corrected chi connectivity index (χ3v) is 5.04. The molecule has 0 fully saturated rings. The molecule has 1 aromatic heterocycles. The maximum atomic E-state index is 12.9. The molecule has 0 aliphatic carbocycles. The maximum absolute atomic E-state index is 12.9. The molecule has 0 spiro atoms. The number of ketones is 2. The van der Waals surface area contributed by atoms with Crippen LogP contribution in [0.1, 0.15) is 72.3 Å². The molecule has 188 valence electrons. The van der Waals surface area contributed by atoms with Crippen LogP contribution in [-0.4, -0.2) is 40.2 Å². The number of esters is 1. The third kappa shape index (κ3) is 11.7. The molecule has 1 atom stereocenters. The van der Waals surface area contributed by atoms with Gasteiger partial charge in [-0.3, -0.25) is 19.2 Å². The number of carbonyl (C=O) groups excluding carboxylic acids is 4. The molecule has 0 aliphatic rings. The van der Waals surface area contributed by atoms with E-state index in [4.69, 9.17) is 4.74 Å². The van der Waals surface area contributed by atoms with Gasteiger partial charge in [-0.2, -0.15) is 0 Å². The highest BCUT2D eigenvalue weighted by molar-refractivity contribution is 5.90. The smallest absolute Gasteiger partial charge is 0.330 e. The topological polar surface area (TPSA) is 112 Å². The van der Waals surface area contributed by atoms with Crippen molar-refractivity contribution in [3.05, 3.63) is 46.4 Å². The van der Waals surface area contributed by atoms with Crippen molar-refractivity contribution >= 4 is 23.4 Å². The van der Waals surface area contributed by atoms with Crippen molar-refractivity contribution in [2.75, 3.05) is 0 Å². The molecule has 0 radical (unpaired) electrons. The van der Waals surface area contributed by atoms with Crippen molar-refractivity contribution in [3.63, 3.8) is 0 Å². The lowest BCUT2D eigenvalue weighted by atomic mass is 10.0. The Kier molecular flexibility index (Phi) is 12.8. The summed E-state index contributed by atoms with van der Waals surface area (Å²) >= 11 is 0. The highest BCUT2D eigenvalue weighted by Crippen LogP contribution is 2.08. The summed E-state index contributed by atoms with van der Waals surface area (Å²) in [6.07, 6.45) is 6.84. The lowest BCUT2D eigenvalue weighted by Gasteiger charge is -2.16. The third-order valence-electron chi connectivity index (χ3n) is 5.04. The Bertz CT molecular complexity index is 929. The number of allylic oxidation sites excluding steroid dienone is 1. The second kappa shape index (κ2) is 15.0. The number of carbonyl (C=O) groups is 4. The molecule has 1 N–H and O–H groups in total. The van der Waals surface area contributed by atoms with Crippen LogP contribution >= 0.6 is 0 Å². The zero-order valence-corrected chi connectivity index (χ0v) is 21.0. The van der Waals surface area contributed by atoms with Crippen molar-refractivity contribution in [1.29, 1.82) is 0 Å². The van der Waals surface area contributed by atoms with Gasteiger partial charge in [-0.15, -0.1) is 0 Å². The van der Waals surface area contributed by atoms with Crippen molar-refractivity contribution in [3.8, 4) is 0 Å². The molecular formula is C26H38N2O6. The molecule has 34 heavy (non-hydrogen) atoms. The van der Waals surface area contributed by atoms with E-state index in [1.54, 1.807) is 38.3 Å². The van der Waals surface area contributed by atoms with E-state index in [2.05, 4.69) is 19.2 Å². The second-order valence-electron chi connectivity index (χ2n) is 9.15. The van der Waals surface area contributed by atoms with Crippen molar-refractivity contribution in [1.82, 2.24) is 9.88 Å². The van der Waals surface area contributed by atoms with Crippen LogP contribution in [0.2, 0.25) is 0 Å². The van der Waals surface area contributed by atoms with E-state index < -0.39 is 12.0 Å². The van der Waals surface area contributed by atoms with Gasteiger partial charge >= 0.3 is 5.97 Å². The zero-order valence-electron chi connectivity index (χ0n) is 21.0. The molecule has 1 heterocycles. The summed E-state index contributed by atoms with van der Waals surface area (Å²) in [5, 5.41) is 2.62. The number of pyridine rings is 1. The molecular weight excluding hydrogens is 436 g/mol. The van der Waals surface area contributed by atoms with Crippen molar-refractivity contribution in [2.24, 2.45) is 5.92 Å². The summed E-state index contributed by atoms with van der Waals surface area (Å²) in [5.41, 5.74) is -0.111. The van der Waals surface area contributed by atoms with E-state index in [0.29, 0.717) is 18.8 Å². The van der Waals surface area contributed by atoms with Crippen LogP contribution in [0.25, 0.3) is 0 Å². The van der Waals surface area contributed by atoms with Gasteiger partial charge in [-0.05, 0) is 45.1 Å². The molecule has 1 amide bonds. The number of ether oxygens (including phenoxy) is 1. The highest BCUT2D eigenvalue weighted by atomic mass is 16.5. The number of hydrogen-bond acceptors (Lipinski definition) is 6. The van der Waals surface area contributed by atoms with Crippen molar-refractivity contribution in [2.45, 2.75) is 91.8 Å². The molecule has 8 nitrogen and oxygen atoms in total. The number of amides is 1. The predicted octanol–water partition coefficient (Wildman–Crippen LogP) is 3.15. The van der Waals surface area contributed by atoms with E-state index in [9.17, 15) is 24.0 Å². The Hall–Kier alpha value is -3.03. The van der Waals surface area contributed by atoms with Gasteiger partial charge in [-0.1, -0.05) is 32.4 Å². The van der Waals surface area contributed by atoms with E-state index in [1.165, 1.54) is 17.6 Å². The van der Waals surface area contributed by atoms with Gasteiger partial charge in [0.1, 0.15) is 0 Å². The normalized spacial score (nSPS) is 12.2. The van der Waals surface area contributed by atoms with Crippen LogP contribution < -0.4 is 10.9 Å². The molecule has 1 rings (SSSR count). The zero-order chi connectivity index (χ0) is 25.7. The standard InChI is InChI=1S/C26H38N2O6/c1-18(2)10-8-12-22(30)17-28-15-9-11-21(26(28)33)16-24(31)23(27-20(5)29)13-6-7-14-25(32)34-19(3)4/h7,9,11,14-15,18-19,23H,6,8,10,12-13,16-17H2,1-5H3,(H,27,29)/b14-7+/t23-/m0/s1. The highest BCUT2D eigenvalue weighted by Gasteiger charge is 2.21. The Labute approximate surface area is 201 Å². The van der Waals surface area contributed by atoms with Crippen LogP contribution in [-0.2, 0) is 36.9 Å². The first kappa shape index (κ1) is 29.0. The van der Waals surface area contributed by atoms with E-state index in [0.717, 1.165) is 12.8 Å². The lowest BCUT2D eigenvalue weighted by molar-refractivity contribution is -0.141. The minimum Gasteiger partial charge on any atom is -0.460 e. The molecule has 1 aromatic rings. The summed E-state index contributed by atoms with van der Waals surface area (Å²) in [6.45, 7) is 8.98. The molecule has 0 saturated heterocycles. The summed E-state index contributed by atoms with van der Waals surface area (Å²) in [4.78, 5) is 61.1. The molecule has 0 aromatic carbocycles. The van der Waals surface area contributed by atoms with Crippen LogP contribution in [0.4, 0.5) is 0 Å². The number of aromatic nitrogens is 1. The molecule has 0 unspecified atom stereocenters. The number of nitrogens with one attached hydrogen (secondary N) is 1. The Morgan fingerprint density at radius 3 is 2.44 bits per heavy atom.